The Labute approximate surface area is 190 Å². The van der Waals surface area contributed by atoms with Gasteiger partial charge in [0.1, 0.15) is 5.00 Å². The molecule has 0 saturated carbocycles. The molecule has 32 heavy (non-hydrogen) atoms. The number of carbonyl (C=O) groups excluding carboxylic acids is 3. The van der Waals surface area contributed by atoms with Crippen LogP contribution in [0, 0.1) is 6.92 Å². The molecule has 0 bridgehead atoms. The maximum atomic E-state index is 12.8. The average Bonchev–Trinajstić information content (AvgIpc) is 3.40. The number of hydrogen-bond acceptors (Lipinski definition) is 8. The Morgan fingerprint density at radius 1 is 1.16 bits per heavy atom. The number of carbonyl (C=O) groups is 3. The molecule has 3 heterocycles. The fourth-order valence-corrected chi connectivity index (χ4v) is 5.92. The van der Waals surface area contributed by atoms with Crippen molar-refractivity contribution >= 4 is 44.1 Å². The number of esters is 1. The lowest BCUT2D eigenvalue weighted by atomic mass is 10.1. The number of sulfonamides is 1. The predicted octanol–water partition coefficient (Wildman–Crippen LogP) is 2.61. The van der Waals surface area contributed by atoms with E-state index in [1.54, 1.807) is 13.8 Å². The summed E-state index contributed by atoms with van der Waals surface area (Å²) >= 11 is 0.918. The van der Waals surface area contributed by atoms with Crippen molar-refractivity contribution in [1.82, 2.24) is 9.62 Å². The molecular weight excluding hydrogens is 458 g/mol. The normalized spacial score (nSPS) is 14.7. The largest absolute Gasteiger partial charge is 0.462 e. The van der Waals surface area contributed by atoms with Gasteiger partial charge in [-0.2, -0.15) is 4.31 Å². The molecule has 1 fully saturated rings. The van der Waals surface area contributed by atoms with Crippen LogP contribution >= 0.6 is 11.3 Å². The molecule has 12 heteroatoms. The summed E-state index contributed by atoms with van der Waals surface area (Å²) in [7, 11) is -2.38. The van der Waals surface area contributed by atoms with Crippen LogP contribution in [0.5, 0.6) is 0 Å². The van der Waals surface area contributed by atoms with Gasteiger partial charge in [-0.3, -0.25) is 9.59 Å². The number of thiophene rings is 1. The Morgan fingerprint density at radius 2 is 1.84 bits per heavy atom. The van der Waals surface area contributed by atoms with E-state index < -0.39 is 27.8 Å². The van der Waals surface area contributed by atoms with E-state index in [4.69, 9.17) is 9.15 Å². The van der Waals surface area contributed by atoms with Gasteiger partial charge < -0.3 is 19.8 Å². The van der Waals surface area contributed by atoms with E-state index in [1.165, 1.54) is 23.5 Å². The molecule has 0 spiro atoms. The van der Waals surface area contributed by atoms with E-state index in [1.807, 2.05) is 0 Å². The van der Waals surface area contributed by atoms with Gasteiger partial charge in [0, 0.05) is 20.1 Å². The van der Waals surface area contributed by atoms with E-state index in [9.17, 15) is 22.8 Å². The van der Waals surface area contributed by atoms with Crippen LogP contribution in [-0.4, -0.2) is 57.3 Å². The highest BCUT2D eigenvalue weighted by Crippen LogP contribution is 2.34. The summed E-state index contributed by atoms with van der Waals surface area (Å²) in [5.74, 6) is -2.07. The van der Waals surface area contributed by atoms with Gasteiger partial charge in [0.25, 0.3) is 21.8 Å². The van der Waals surface area contributed by atoms with Crippen LogP contribution in [0.15, 0.2) is 21.6 Å². The van der Waals surface area contributed by atoms with Gasteiger partial charge in [-0.05, 0) is 44.4 Å². The first kappa shape index (κ1) is 24.0. The third-order valence-electron chi connectivity index (χ3n) is 5.00. The van der Waals surface area contributed by atoms with Crippen molar-refractivity contribution in [2.24, 2.45) is 0 Å². The Balaban J connectivity index is 1.87. The van der Waals surface area contributed by atoms with Gasteiger partial charge >= 0.3 is 5.97 Å². The standard InChI is InChI=1S/C20H25N3O7S2/c1-4-29-20(26)15-12(2)16(18(25)21-3)31-19(15)22-17(24)13-8-9-14(30-13)32(27,28)23-10-6-5-7-11-23/h8-9H,4-7,10-11H2,1-3H3,(H,21,25)(H,22,24). The van der Waals surface area contributed by atoms with Crippen molar-refractivity contribution < 1.29 is 32.0 Å². The maximum Gasteiger partial charge on any atom is 0.341 e. The minimum absolute atomic E-state index is 0.0662. The first-order valence-corrected chi connectivity index (χ1v) is 12.4. The molecule has 0 aliphatic carbocycles. The number of ether oxygens (including phenoxy) is 1. The number of anilines is 1. The van der Waals surface area contributed by atoms with Crippen molar-refractivity contribution in [3.8, 4) is 0 Å². The molecule has 0 radical (unpaired) electrons. The first-order chi connectivity index (χ1) is 15.2. The van der Waals surface area contributed by atoms with Gasteiger partial charge in [-0.1, -0.05) is 6.42 Å². The quantitative estimate of drug-likeness (QED) is 0.578. The summed E-state index contributed by atoms with van der Waals surface area (Å²) in [5.41, 5.74) is 0.437. The van der Waals surface area contributed by atoms with Gasteiger partial charge in [0.15, 0.2) is 5.76 Å². The lowest BCUT2D eigenvalue weighted by molar-refractivity contribution is 0.0527. The second-order valence-electron chi connectivity index (χ2n) is 7.10. The lowest BCUT2D eigenvalue weighted by Crippen LogP contribution is -2.35. The summed E-state index contributed by atoms with van der Waals surface area (Å²) in [6.45, 7) is 4.16. The number of nitrogens with one attached hydrogen (secondary N) is 2. The molecule has 1 saturated heterocycles. The number of amides is 2. The molecule has 2 amide bonds. The minimum atomic E-state index is -3.83. The lowest BCUT2D eigenvalue weighted by Gasteiger charge is -2.24. The zero-order valence-electron chi connectivity index (χ0n) is 18.0. The van der Waals surface area contributed by atoms with Crippen LogP contribution in [-0.2, 0) is 14.8 Å². The van der Waals surface area contributed by atoms with Gasteiger partial charge in [0.2, 0.25) is 5.09 Å². The molecule has 2 N–H and O–H groups in total. The smallest absolute Gasteiger partial charge is 0.341 e. The Kier molecular flexibility index (Phi) is 7.36. The summed E-state index contributed by atoms with van der Waals surface area (Å²) < 4.78 is 37.3. The van der Waals surface area contributed by atoms with Crippen LogP contribution in [0.1, 0.15) is 62.3 Å². The van der Waals surface area contributed by atoms with E-state index in [-0.39, 0.29) is 32.9 Å². The third kappa shape index (κ3) is 4.71. The molecule has 2 aromatic heterocycles. The first-order valence-electron chi connectivity index (χ1n) is 10.1. The highest BCUT2D eigenvalue weighted by molar-refractivity contribution is 7.89. The number of piperidine rings is 1. The topological polar surface area (TPSA) is 135 Å². The van der Waals surface area contributed by atoms with E-state index in [0.29, 0.717) is 18.7 Å². The monoisotopic (exact) mass is 483 g/mol. The minimum Gasteiger partial charge on any atom is -0.462 e. The molecule has 0 atom stereocenters. The van der Waals surface area contributed by atoms with E-state index in [0.717, 1.165) is 30.6 Å². The van der Waals surface area contributed by atoms with Crippen molar-refractivity contribution in [2.45, 2.75) is 38.2 Å². The Bertz CT molecular complexity index is 1130. The fourth-order valence-electron chi connectivity index (χ4n) is 3.36. The fraction of sp³-hybridized carbons (Fsp3) is 0.450. The summed E-state index contributed by atoms with van der Waals surface area (Å²) in [6, 6.07) is 2.50. The molecule has 1 aliphatic rings. The molecule has 1 aliphatic heterocycles. The summed E-state index contributed by atoms with van der Waals surface area (Å²) in [4.78, 5) is 37.6. The number of nitrogens with zero attached hydrogens (tertiary/aromatic N) is 1. The summed E-state index contributed by atoms with van der Waals surface area (Å²) in [5, 5.41) is 4.83. The average molecular weight is 484 g/mol. The van der Waals surface area contributed by atoms with Gasteiger partial charge in [-0.15, -0.1) is 11.3 Å². The van der Waals surface area contributed by atoms with Crippen LogP contribution in [0.25, 0.3) is 0 Å². The summed E-state index contributed by atoms with van der Waals surface area (Å²) in [6.07, 6.45) is 2.52. The molecule has 0 unspecified atom stereocenters. The predicted molar refractivity (Wildman–Crippen MR) is 118 cm³/mol. The molecule has 174 valence electrons. The van der Waals surface area contributed by atoms with E-state index >= 15 is 0 Å². The van der Waals surface area contributed by atoms with Crippen LogP contribution < -0.4 is 10.6 Å². The highest BCUT2D eigenvalue weighted by Gasteiger charge is 2.31. The zero-order valence-corrected chi connectivity index (χ0v) is 19.7. The number of hydrogen-bond donors (Lipinski definition) is 2. The maximum absolute atomic E-state index is 12.8. The second kappa shape index (κ2) is 9.84. The molecule has 10 nitrogen and oxygen atoms in total. The highest BCUT2D eigenvalue weighted by atomic mass is 32.2. The van der Waals surface area contributed by atoms with Crippen molar-refractivity contribution in [3.63, 3.8) is 0 Å². The Morgan fingerprint density at radius 3 is 2.47 bits per heavy atom. The SMILES string of the molecule is CCOC(=O)c1c(NC(=O)c2ccc(S(=O)(=O)N3CCCCC3)o2)sc(C(=O)NC)c1C. The number of rotatable bonds is 7. The second-order valence-corrected chi connectivity index (χ2v) is 9.99. The van der Waals surface area contributed by atoms with Gasteiger partial charge in [-0.25, -0.2) is 13.2 Å². The third-order valence-corrected chi connectivity index (χ3v) is 7.98. The van der Waals surface area contributed by atoms with Crippen LogP contribution in [0.3, 0.4) is 0 Å². The van der Waals surface area contributed by atoms with E-state index in [2.05, 4.69) is 10.6 Å². The van der Waals surface area contributed by atoms with Crippen molar-refractivity contribution in [2.75, 3.05) is 32.1 Å². The number of furan rings is 1. The molecular formula is C20H25N3O7S2. The molecule has 3 rings (SSSR count). The Hall–Kier alpha value is -2.70. The van der Waals surface area contributed by atoms with Crippen LogP contribution in [0.2, 0.25) is 0 Å². The van der Waals surface area contributed by atoms with Gasteiger partial charge in [0.05, 0.1) is 17.0 Å². The zero-order chi connectivity index (χ0) is 23.5. The van der Waals surface area contributed by atoms with Crippen molar-refractivity contribution in [1.29, 1.82) is 0 Å². The molecule has 0 aromatic carbocycles. The molecule has 2 aromatic rings. The van der Waals surface area contributed by atoms with Crippen molar-refractivity contribution in [3.05, 3.63) is 33.9 Å². The van der Waals surface area contributed by atoms with Crippen LogP contribution in [0.4, 0.5) is 5.00 Å².